The molecule has 1 aromatic heterocycles. The van der Waals surface area contributed by atoms with Crippen LogP contribution in [0.25, 0.3) is 0 Å². The topological polar surface area (TPSA) is 50.9 Å². The van der Waals surface area contributed by atoms with Gasteiger partial charge in [-0.15, -0.1) is 0 Å². The Balaban J connectivity index is 2.35. The predicted octanol–water partition coefficient (Wildman–Crippen LogP) is 3.68. The molecule has 0 aromatic carbocycles. The van der Waals surface area contributed by atoms with Crippen LogP contribution in [0.4, 0.5) is 11.5 Å². The fraction of sp³-hybridized carbons (Fsp3) is 0.643. The fourth-order valence-electron chi connectivity index (χ4n) is 1.79. The number of nitrogens with two attached hydrogens (primary N) is 1. The van der Waals surface area contributed by atoms with E-state index in [4.69, 9.17) is 5.73 Å². The molecule has 0 amide bonds. The molecule has 0 radical (unpaired) electrons. The molecule has 1 heterocycles. The van der Waals surface area contributed by atoms with Crippen molar-refractivity contribution in [2.45, 2.75) is 46.5 Å². The summed E-state index contributed by atoms with van der Waals surface area (Å²) in [5.41, 5.74) is 6.92. The minimum Gasteiger partial charge on any atom is -0.384 e. The number of hydrogen-bond donors (Lipinski definition) is 2. The third kappa shape index (κ3) is 5.57. The van der Waals surface area contributed by atoms with Crippen LogP contribution < -0.4 is 11.1 Å². The second-order valence-corrected chi connectivity index (χ2v) is 5.45. The molecule has 0 unspecified atom stereocenters. The zero-order chi connectivity index (χ0) is 12.7. The molecule has 0 spiro atoms. The van der Waals surface area contributed by atoms with Crippen LogP contribution in [0, 0.1) is 5.41 Å². The van der Waals surface area contributed by atoms with Crippen molar-refractivity contribution in [3.05, 3.63) is 18.3 Å². The van der Waals surface area contributed by atoms with E-state index in [1.165, 1.54) is 25.7 Å². The van der Waals surface area contributed by atoms with Crippen LogP contribution in [0.15, 0.2) is 18.3 Å². The molecule has 3 N–H and O–H groups in total. The van der Waals surface area contributed by atoms with Crippen LogP contribution in [0.1, 0.15) is 46.5 Å². The van der Waals surface area contributed by atoms with Crippen LogP contribution in [0.3, 0.4) is 0 Å². The Hall–Kier alpha value is -1.25. The Morgan fingerprint density at radius 2 is 2.06 bits per heavy atom. The number of hydrogen-bond acceptors (Lipinski definition) is 3. The summed E-state index contributed by atoms with van der Waals surface area (Å²) in [5, 5.41) is 3.42. The highest BCUT2D eigenvalue weighted by Crippen LogP contribution is 2.24. The van der Waals surface area contributed by atoms with Gasteiger partial charge in [-0.3, -0.25) is 0 Å². The van der Waals surface area contributed by atoms with Gasteiger partial charge in [0.25, 0.3) is 0 Å². The average molecular weight is 235 g/mol. The molecule has 0 saturated heterocycles. The lowest BCUT2D eigenvalue weighted by Gasteiger charge is -2.25. The molecule has 17 heavy (non-hydrogen) atoms. The van der Waals surface area contributed by atoms with Crippen molar-refractivity contribution in [1.82, 2.24) is 4.98 Å². The third-order valence-corrected chi connectivity index (χ3v) is 3.01. The van der Waals surface area contributed by atoms with Gasteiger partial charge in [0, 0.05) is 6.54 Å². The molecule has 0 fully saturated rings. The second-order valence-electron chi connectivity index (χ2n) is 5.45. The van der Waals surface area contributed by atoms with E-state index >= 15 is 0 Å². The summed E-state index contributed by atoms with van der Waals surface area (Å²) in [6.07, 6.45) is 6.97. The third-order valence-electron chi connectivity index (χ3n) is 3.01. The monoisotopic (exact) mass is 235 g/mol. The number of nitrogen functional groups attached to an aromatic ring is 1. The lowest BCUT2D eigenvalue weighted by atomic mass is 9.87. The van der Waals surface area contributed by atoms with E-state index in [1.54, 1.807) is 6.20 Å². The van der Waals surface area contributed by atoms with Crippen molar-refractivity contribution in [1.29, 1.82) is 0 Å². The zero-order valence-electron chi connectivity index (χ0n) is 11.3. The zero-order valence-corrected chi connectivity index (χ0v) is 11.3. The lowest BCUT2D eigenvalue weighted by Crippen LogP contribution is -2.23. The van der Waals surface area contributed by atoms with E-state index in [0.29, 0.717) is 11.2 Å². The summed E-state index contributed by atoms with van der Waals surface area (Å²) in [6, 6.07) is 3.80. The van der Waals surface area contributed by atoms with Crippen LogP contribution in [0.2, 0.25) is 0 Å². The maximum atomic E-state index is 5.55. The fourth-order valence-corrected chi connectivity index (χ4v) is 1.79. The van der Waals surface area contributed by atoms with Crippen LogP contribution >= 0.6 is 0 Å². The second kappa shape index (κ2) is 6.48. The average Bonchev–Trinajstić information content (AvgIpc) is 2.29. The number of unbranched alkanes of at least 4 members (excludes halogenated alkanes) is 2. The Labute approximate surface area is 105 Å². The molecule has 3 nitrogen and oxygen atoms in total. The maximum absolute atomic E-state index is 5.55. The first-order valence-electron chi connectivity index (χ1n) is 6.49. The SMILES string of the molecule is CCCCCC(C)(C)CNc1ccc(N)nc1. The van der Waals surface area contributed by atoms with Gasteiger partial charge in [-0.2, -0.15) is 0 Å². The van der Waals surface area contributed by atoms with Gasteiger partial charge in [-0.05, 0) is 24.0 Å². The van der Waals surface area contributed by atoms with Crippen LogP contribution in [0.5, 0.6) is 0 Å². The predicted molar refractivity (Wildman–Crippen MR) is 75.1 cm³/mol. The highest BCUT2D eigenvalue weighted by molar-refractivity contribution is 5.45. The lowest BCUT2D eigenvalue weighted by molar-refractivity contribution is 0.342. The minimum absolute atomic E-state index is 0.330. The largest absolute Gasteiger partial charge is 0.384 e. The highest BCUT2D eigenvalue weighted by atomic mass is 14.9. The van der Waals surface area contributed by atoms with Gasteiger partial charge in [0.15, 0.2) is 0 Å². The first-order chi connectivity index (χ1) is 8.03. The van der Waals surface area contributed by atoms with Crippen molar-refractivity contribution < 1.29 is 0 Å². The van der Waals surface area contributed by atoms with Gasteiger partial charge in [-0.25, -0.2) is 4.98 Å². The van der Waals surface area contributed by atoms with Gasteiger partial charge in [-0.1, -0.05) is 40.0 Å². The van der Waals surface area contributed by atoms with Crippen molar-refractivity contribution >= 4 is 11.5 Å². The molecule has 1 rings (SSSR count). The van der Waals surface area contributed by atoms with Crippen LogP contribution in [-0.4, -0.2) is 11.5 Å². The quantitative estimate of drug-likeness (QED) is 0.709. The van der Waals surface area contributed by atoms with Crippen LogP contribution in [-0.2, 0) is 0 Å². The first kappa shape index (κ1) is 13.8. The standard InChI is InChI=1S/C14H25N3/c1-4-5-6-9-14(2,3)11-17-12-7-8-13(15)16-10-12/h7-8,10,17H,4-6,9,11H2,1-3H3,(H2,15,16). The Morgan fingerprint density at radius 3 is 2.65 bits per heavy atom. The molecule has 0 atom stereocenters. The number of nitrogens with one attached hydrogen (secondary N) is 1. The number of rotatable bonds is 7. The number of aromatic nitrogens is 1. The summed E-state index contributed by atoms with van der Waals surface area (Å²) in [4.78, 5) is 4.07. The minimum atomic E-state index is 0.330. The number of nitrogens with zero attached hydrogens (tertiary/aromatic N) is 1. The maximum Gasteiger partial charge on any atom is 0.123 e. The molecule has 0 aliphatic rings. The van der Waals surface area contributed by atoms with E-state index in [2.05, 4.69) is 31.1 Å². The summed E-state index contributed by atoms with van der Waals surface area (Å²) in [5.74, 6) is 0.567. The first-order valence-corrected chi connectivity index (χ1v) is 6.49. The van der Waals surface area contributed by atoms with E-state index in [9.17, 15) is 0 Å². The smallest absolute Gasteiger partial charge is 0.123 e. The Morgan fingerprint density at radius 1 is 1.29 bits per heavy atom. The molecule has 0 bridgehead atoms. The normalized spacial score (nSPS) is 11.5. The molecule has 0 aliphatic carbocycles. The molecule has 3 heteroatoms. The summed E-state index contributed by atoms with van der Waals surface area (Å²) in [6.45, 7) is 7.83. The van der Waals surface area contributed by atoms with E-state index in [1.807, 2.05) is 12.1 Å². The molecule has 0 saturated carbocycles. The van der Waals surface area contributed by atoms with Crippen molar-refractivity contribution in [2.24, 2.45) is 5.41 Å². The van der Waals surface area contributed by atoms with E-state index in [-0.39, 0.29) is 0 Å². The summed E-state index contributed by atoms with van der Waals surface area (Å²) >= 11 is 0. The van der Waals surface area contributed by atoms with Crippen molar-refractivity contribution in [3.63, 3.8) is 0 Å². The van der Waals surface area contributed by atoms with Gasteiger partial charge in [0.2, 0.25) is 0 Å². The van der Waals surface area contributed by atoms with Crippen molar-refractivity contribution in [3.8, 4) is 0 Å². The van der Waals surface area contributed by atoms with E-state index < -0.39 is 0 Å². The van der Waals surface area contributed by atoms with Crippen molar-refractivity contribution in [2.75, 3.05) is 17.6 Å². The summed E-state index contributed by atoms with van der Waals surface area (Å²) < 4.78 is 0. The molecular weight excluding hydrogens is 210 g/mol. The van der Waals surface area contributed by atoms with E-state index in [0.717, 1.165) is 12.2 Å². The van der Waals surface area contributed by atoms with Gasteiger partial charge < -0.3 is 11.1 Å². The highest BCUT2D eigenvalue weighted by Gasteiger charge is 2.16. The molecule has 0 aliphatic heterocycles. The van der Waals surface area contributed by atoms with Gasteiger partial charge >= 0.3 is 0 Å². The summed E-state index contributed by atoms with van der Waals surface area (Å²) in [7, 11) is 0. The van der Waals surface area contributed by atoms with Gasteiger partial charge in [0.1, 0.15) is 5.82 Å². The Kier molecular flexibility index (Phi) is 5.26. The molecule has 96 valence electrons. The number of anilines is 2. The Bertz CT molecular complexity index is 317. The number of pyridine rings is 1. The van der Waals surface area contributed by atoms with Gasteiger partial charge in [0.05, 0.1) is 11.9 Å². The molecule has 1 aromatic rings. The molecular formula is C14H25N3.